The second kappa shape index (κ2) is 6.20. The van der Waals surface area contributed by atoms with E-state index in [1.807, 2.05) is 6.07 Å². The molecule has 1 heterocycles. The summed E-state index contributed by atoms with van der Waals surface area (Å²) in [4.78, 5) is 1.22. The van der Waals surface area contributed by atoms with Crippen molar-refractivity contribution in [2.75, 3.05) is 6.61 Å². The smallest absolute Gasteiger partial charge is 0.132 e. The van der Waals surface area contributed by atoms with Crippen molar-refractivity contribution in [3.8, 4) is 0 Å². The molecule has 0 bridgehead atoms. The summed E-state index contributed by atoms with van der Waals surface area (Å²) in [7, 11) is 0. The zero-order chi connectivity index (χ0) is 13.9. The maximum absolute atomic E-state index is 14.1. The van der Waals surface area contributed by atoms with E-state index in [0.29, 0.717) is 12.6 Å². The minimum Gasteiger partial charge on any atom is -0.377 e. The Bertz CT molecular complexity index is 591. The number of rotatable bonds is 7. The lowest BCUT2D eigenvalue weighted by Crippen LogP contribution is -2.15. The summed E-state index contributed by atoms with van der Waals surface area (Å²) in [6.07, 6.45) is 3.52. The predicted molar refractivity (Wildman–Crippen MR) is 81.6 cm³/mol. The quantitative estimate of drug-likeness (QED) is 0.772. The normalized spacial score (nSPS) is 15.1. The molecule has 1 fully saturated rings. The van der Waals surface area contributed by atoms with Crippen molar-refractivity contribution >= 4 is 21.4 Å². The van der Waals surface area contributed by atoms with Crippen LogP contribution < -0.4 is 5.32 Å². The van der Waals surface area contributed by atoms with E-state index in [2.05, 4.69) is 12.2 Å². The molecule has 1 aliphatic carbocycles. The molecule has 0 aliphatic heterocycles. The van der Waals surface area contributed by atoms with Gasteiger partial charge in [0.05, 0.1) is 6.61 Å². The summed E-state index contributed by atoms with van der Waals surface area (Å²) in [6, 6.07) is 5.97. The van der Waals surface area contributed by atoms with Crippen LogP contribution in [0, 0.1) is 5.82 Å². The van der Waals surface area contributed by atoms with Gasteiger partial charge in [0.25, 0.3) is 0 Å². The first-order chi connectivity index (χ1) is 9.79. The van der Waals surface area contributed by atoms with Crippen LogP contribution in [0.15, 0.2) is 18.2 Å². The van der Waals surface area contributed by atoms with Gasteiger partial charge in [0.15, 0.2) is 0 Å². The summed E-state index contributed by atoms with van der Waals surface area (Å²) >= 11 is 1.68. The molecular weight excluding hydrogens is 273 g/mol. The van der Waals surface area contributed by atoms with Crippen LogP contribution in [0.1, 0.15) is 36.6 Å². The third kappa shape index (κ3) is 3.03. The Hall–Kier alpha value is -0.970. The number of nitrogens with one attached hydrogen (secondary N) is 1. The number of ether oxygens (including phenoxy) is 1. The molecule has 0 radical (unpaired) electrons. The minimum atomic E-state index is -0.133. The predicted octanol–water partition coefficient (Wildman–Crippen LogP) is 4.22. The van der Waals surface area contributed by atoms with Crippen LogP contribution in [0.25, 0.3) is 10.1 Å². The number of hydrogen-bond acceptors (Lipinski definition) is 3. The maximum Gasteiger partial charge on any atom is 0.132 e. The average molecular weight is 293 g/mol. The van der Waals surface area contributed by atoms with Gasteiger partial charge in [0.1, 0.15) is 5.82 Å². The van der Waals surface area contributed by atoms with E-state index < -0.39 is 0 Å². The first kappa shape index (κ1) is 14.0. The second-order valence-corrected chi connectivity index (χ2v) is 6.46. The maximum atomic E-state index is 14.1. The van der Waals surface area contributed by atoms with Gasteiger partial charge in [-0.1, -0.05) is 13.0 Å². The number of halogens is 1. The summed E-state index contributed by atoms with van der Waals surface area (Å²) < 4.78 is 20.8. The number of benzene rings is 1. The zero-order valence-electron chi connectivity index (χ0n) is 11.7. The summed E-state index contributed by atoms with van der Waals surface area (Å²) in [5.41, 5.74) is 1.03. The van der Waals surface area contributed by atoms with Crippen molar-refractivity contribution in [3.63, 3.8) is 0 Å². The minimum absolute atomic E-state index is 0.133. The Morgan fingerprint density at radius 3 is 3.00 bits per heavy atom. The Balaban J connectivity index is 1.88. The van der Waals surface area contributed by atoms with E-state index in [0.717, 1.165) is 35.2 Å². The lowest BCUT2D eigenvalue weighted by atomic mass is 10.1. The highest BCUT2D eigenvalue weighted by molar-refractivity contribution is 7.19. The number of thiophene rings is 1. The molecule has 1 N–H and O–H groups in total. The van der Waals surface area contributed by atoms with Gasteiger partial charge in [-0.25, -0.2) is 4.39 Å². The van der Waals surface area contributed by atoms with Gasteiger partial charge in [-0.2, -0.15) is 0 Å². The molecule has 1 aliphatic rings. The lowest BCUT2D eigenvalue weighted by molar-refractivity contribution is 0.122. The molecule has 1 saturated carbocycles. The van der Waals surface area contributed by atoms with Crippen LogP contribution >= 0.6 is 11.3 Å². The third-order valence-electron chi connectivity index (χ3n) is 3.57. The highest BCUT2D eigenvalue weighted by Gasteiger charge is 2.22. The highest BCUT2D eigenvalue weighted by Crippen LogP contribution is 2.34. The second-order valence-electron chi connectivity index (χ2n) is 5.32. The largest absolute Gasteiger partial charge is 0.377 e. The molecule has 0 amide bonds. The van der Waals surface area contributed by atoms with Crippen LogP contribution in [-0.4, -0.2) is 12.6 Å². The molecule has 2 aromatic rings. The van der Waals surface area contributed by atoms with E-state index in [9.17, 15) is 4.39 Å². The number of hydrogen-bond donors (Lipinski definition) is 1. The van der Waals surface area contributed by atoms with Crippen LogP contribution in [0.2, 0.25) is 0 Å². The van der Waals surface area contributed by atoms with Gasteiger partial charge in [0, 0.05) is 39.7 Å². The zero-order valence-corrected chi connectivity index (χ0v) is 12.6. The van der Waals surface area contributed by atoms with Crippen molar-refractivity contribution < 1.29 is 9.13 Å². The average Bonchev–Trinajstić information content (AvgIpc) is 3.20. The van der Waals surface area contributed by atoms with Gasteiger partial charge in [-0.05, 0) is 31.4 Å². The van der Waals surface area contributed by atoms with Crippen molar-refractivity contribution in [1.82, 2.24) is 5.32 Å². The van der Waals surface area contributed by atoms with Gasteiger partial charge < -0.3 is 10.1 Å². The molecule has 0 saturated heterocycles. The molecule has 1 aromatic heterocycles. The van der Waals surface area contributed by atoms with Crippen LogP contribution in [-0.2, 0) is 17.9 Å². The van der Waals surface area contributed by atoms with Gasteiger partial charge in [0.2, 0.25) is 0 Å². The molecular formula is C16H20FNOS. The number of fused-ring (bicyclic) bond motifs is 1. The lowest BCUT2D eigenvalue weighted by Gasteiger charge is -2.07. The fourth-order valence-electron chi connectivity index (χ4n) is 2.35. The fraction of sp³-hybridized carbons (Fsp3) is 0.500. The molecule has 0 atom stereocenters. The Morgan fingerprint density at radius 2 is 2.25 bits per heavy atom. The molecule has 20 heavy (non-hydrogen) atoms. The topological polar surface area (TPSA) is 21.3 Å². The first-order valence-electron chi connectivity index (χ1n) is 7.29. The molecule has 0 unspecified atom stereocenters. The first-order valence-corrected chi connectivity index (χ1v) is 8.11. The van der Waals surface area contributed by atoms with Crippen molar-refractivity contribution in [2.24, 2.45) is 0 Å². The molecule has 108 valence electrons. The van der Waals surface area contributed by atoms with E-state index >= 15 is 0 Å². The van der Waals surface area contributed by atoms with Crippen molar-refractivity contribution in [2.45, 2.75) is 45.4 Å². The molecule has 0 spiro atoms. The molecule has 1 aromatic carbocycles. The van der Waals surface area contributed by atoms with E-state index in [1.54, 1.807) is 17.4 Å². The summed E-state index contributed by atoms with van der Waals surface area (Å²) in [5, 5.41) is 4.27. The monoisotopic (exact) mass is 293 g/mol. The van der Waals surface area contributed by atoms with Crippen molar-refractivity contribution in [1.29, 1.82) is 0 Å². The van der Waals surface area contributed by atoms with Gasteiger partial charge >= 0.3 is 0 Å². The van der Waals surface area contributed by atoms with Crippen LogP contribution in [0.4, 0.5) is 4.39 Å². The van der Waals surface area contributed by atoms with Crippen molar-refractivity contribution in [3.05, 3.63) is 34.5 Å². The standard InChI is InChI=1S/C16H20FNOS/c1-2-8-19-10-12-15(9-18-11-6-7-11)20-14-5-3-4-13(17)16(12)14/h3-5,11,18H,2,6-10H2,1H3. The summed E-state index contributed by atoms with van der Waals surface area (Å²) in [5.74, 6) is -0.133. The van der Waals surface area contributed by atoms with E-state index in [4.69, 9.17) is 4.74 Å². The fourth-order valence-corrected chi connectivity index (χ4v) is 3.53. The Labute approximate surface area is 122 Å². The van der Waals surface area contributed by atoms with E-state index in [-0.39, 0.29) is 5.82 Å². The highest BCUT2D eigenvalue weighted by atomic mass is 32.1. The third-order valence-corrected chi connectivity index (χ3v) is 4.77. The van der Waals surface area contributed by atoms with Gasteiger partial charge in [-0.15, -0.1) is 11.3 Å². The summed E-state index contributed by atoms with van der Waals surface area (Å²) in [6.45, 7) is 4.15. The Morgan fingerprint density at radius 1 is 1.40 bits per heavy atom. The Kier molecular flexibility index (Phi) is 4.34. The van der Waals surface area contributed by atoms with Gasteiger partial charge in [-0.3, -0.25) is 0 Å². The molecule has 3 rings (SSSR count). The molecule has 2 nitrogen and oxygen atoms in total. The van der Waals surface area contributed by atoms with Crippen LogP contribution in [0.3, 0.4) is 0 Å². The molecule has 4 heteroatoms. The SMILES string of the molecule is CCCOCc1c(CNC2CC2)sc2cccc(F)c12. The van der Waals surface area contributed by atoms with Crippen LogP contribution in [0.5, 0.6) is 0 Å². The van der Waals surface area contributed by atoms with E-state index in [1.165, 1.54) is 23.8 Å².